The summed E-state index contributed by atoms with van der Waals surface area (Å²) in [4.78, 5) is 3.43. The van der Waals surface area contributed by atoms with Crippen LogP contribution in [0.4, 0.5) is 24.0 Å². The Bertz CT molecular complexity index is 1590. The Morgan fingerprint density at radius 1 is 1.05 bits per heavy atom. The van der Waals surface area contributed by atoms with Crippen LogP contribution in [0, 0.1) is 17.5 Å². The largest absolute Gasteiger partial charge is 0.497 e. The van der Waals surface area contributed by atoms with E-state index in [2.05, 4.69) is 10.3 Å². The number of benzene rings is 3. The number of halogens is 4. The number of hydrogen-bond donors (Lipinski definition) is 1. The Kier molecular flexibility index (Phi) is 8.57. The van der Waals surface area contributed by atoms with E-state index in [-0.39, 0.29) is 27.9 Å². The number of anilines is 2. The maximum atomic E-state index is 15.4. The van der Waals surface area contributed by atoms with Gasteiger partial charge >= 0.3 is 0 Å². The van der Waals surface area contributed by atoms with Gasteiger partial charge in [0.05, 0.1) is 37.5 Å². The van der Waals surface area contributed by atoms with Gasteiger partial charge in [-0.25, -0.2) is 30.9 Å². The zero-order valence-corrected chi connectivity index (χ0v) is 23.3. The molecular formula is C26H23ClF3N3O4S2. The Morgan fingerprint density at radius 3 is 2.49 bits per heavy atom. The second kappa shape index (κ2) is 11.7. The molecule has 0 aliphatic carbocycles. The molecule has 3 aromatic carbocycles. The third-order valence-electron chi connectivity index (χ3n) is 5.83. The van der Waals surface area contributed by atoms with E-state index in [1.54, 1.807) is 23.6 Å². The van der Waals surface area contributed by atoms with Crippen molar-refractivity contribution in [3.8, 4) is 11.5 Å². The van der Waals surface area contributed by atoms with Crippen molar-refractivity contribution in [2.24, 2.45) is 0 Å². The predicted octanol–water partition coefficient (Wildman–Crippen LogP) is 6.80. The Labute approximate surface area is 232 Å². The van der Waals surface area contributed by atoms with Gasteiger partial charge in [0.15, 0.2) is 5.13 Å². The molecule has 0 aliphatic rings. The normalized spacial score (nSPS) is 12.2. The minimum absolute atomic E-state index is 0.00176. The van der Waals surface area contributed by atoms with Crippen LogP contribution in [-0.4, -0.2) is 27.6 Å². The molecule has 1 unspecified atom stereocenters. The quantitative estimate of drug-likeness (QED) is 0.217. The van der Waals surface area contributed by atoms with Crippen LogP contribution in [0.3, 0.4) is 0 Å². The highest BCUT2D eigenvalue weighted by atomic mass is 35.5. The molecular weight excluding hydrogens is 575 g/mol. The van der Waals surface area contributed by atoms with E-state index < -0.39 is 38.4 Å². The van der Waals surface area contributed by atoms with Crippen molar-refractivity contribution in [2.45, 2.75) is 24.4 Å². The summed E-state index contributed by atoms with van der Waals surface area (Å²) >= 11 is 7.40. The zero-order valence-electron chi connectivity index (χ0n) is 20.9. The van der Waals surface area contributed by atoms with E-state index in [1.807, 2.05) is 0 Å². The molecule has 39 heavy (non-hydrogen) atoms. The van der Waals surface area contributed by atoms with Gasteiger partial charge in [-0.1, -0.05) is 11.6 Å². The molecule has 0 saturated heterocycles. The van der Waals surface area contributed by atoms with Crippen molar-refractivity contribution >= 4 is 43.8 Å². The van der Waals surface area contributed by atoms with E-state index in [1.165, 1.54) is 27.3 Å². The van der Waals surface area contributed by atoms with Gasteiger partial charge < -0.3 is 14.8 Å². The average Bonchev–Trinajstić information content (AvgIpc) is 3.44. The molecule has 0 radical (unpaired) electrons. The monoisotopic (exact) mass is 597 g/mol. The van der Waals surface area contributed by atoms with Crippen molar-refractivity contribution in [2.75, 3.05) is 23.8 Å². The van der Waals surface area contributed by atoms with E-state index in [4.69, 9.17) is 21.1 Å². The van der Waals surface area contributed by atoms with Gasteiger partial charge in [-0.15, -0.1) is 11.3 Å². The summed E-state index contributed by atoms with van der Waals surface area (Å²) in [6.45, 7) is 1.30. The lowest BCUT2D eigenvalue weighted by molar-refractivity contribution is 0.391. The molecule has 0 amide bonds. The first-order valence-electron chi connectivity index (χ1n) is 11.4. The van der Waals surface area contributed by atoms with Crippen molar-refractivity contribution in [3.05, 3.63) is 93.7 Å². The minimum atomic E-state index is -4.53. The summed E-state index contributed by atoms with van der Waals surface area (Å²) < 4.78 is 82.4. The number of hydrogen-bond acceptors (Lipinski definition) is 7. The smallest absolute Gasteiger partial charge is 0.269 e. The molecule has 0 saturated carbocycles. The number of nitrogens with zero attached hydrogens (tertiary/aromatic N) is 2. The van der Waals surface area contributed by atoms with Crippen molar-refractivity contribution in [1.82, 2.24) is 4.98 Å². The first kappa shape index (κ1) is 28.5. The van der Waals surface area contributed by atoms with E-state index in [9.17, 15) is 17.2 Å². The summed E-state index contributed by atoms with van der Waals surface area (Å²) in [5.74, 6) is -1.54. The summed E-state index contributed by atoms with van der Waals surface area (Å²) in [5.41, 5.74) is 0.473. The minimum Gasteiger partial charge on any atom is -0.497 e. The molecule has 206 valence electrons. The number of nitrogens with one attached hydrogen (secondary N) is 1. The van der Waals surface area contributed by atoms with Crippen LogP contribution in [0.15, 0.2) is 65.0 Å². The first-order chi connectivity index (χ1) is 18.5. The van der Waals surface area contributed by atoms with Gasteiger partial charge in [0.1, 0.15) is 33.8 Å². The summed E-state index contributed by atoms with van der Waals surface area (Å²) in [6, 6.07) is 8.90. The van der Waals surface area contributed by atoms with Gasteiger partial charge in [0, 0.05) is 28.8 Å². The molecule has 0 fully saturated rings. The zero-order chi connectivity index (χ0) is 28.3. The van der Waals surface area contributed by atoms with Gasteiger partial charge in [0.25, 0.3) is 10.0 Å². The van der Waals surface area contributed by atoms with Gasteiger partial charge in [-0.3, -0.25) is 0 Å². The Morgan fingerprint density at radius 2 is 1.82 bits per heavy atom. The summed E-state index contributed by atoms with van der Waals surface area (Å²) in [5, 5.41) is 4.36. The molecule has 7 nitrogen and oxygen atoms in total. The number of aromatic nitrogens is 1. The predicted molar refractivity (Wildman–Crippen MR) is 145 cm³/mol. The number of thiazole rings is 1. The summed E-state index contributed by atoms with van der Waals surface area (Å²) in [6.07, 6.45) is 1.43. The fraction of sp³-hybridized carbons (Fsp3) is 0.192. The van der Waals surface area contributed by atoms with Crippen molar-refractivity contribution < 1.29 is 31.1 Å². The fourth-order valence-electron chi connectivity index (χ4n) is 3.84. The van der Waals surface area contributed by atoms with Crippen LogP contribution in [0.5, 0.6) is 11.5 Å². The molecule has 0 spiro atoms. The number of methoxy groups -OCH3 is 2. The van der Waals surface area contributed by atoms with Gasteiger partial charge in [-0.2, -0.15) is 0 Å². The molecule has 0 bridgehead atoms. The van der Waals surface area contributed by atoms with E-state index >= 15 is 4.39 Å². The number of rotatable bonds is 10. The third-order valence-corrected chi connectivity index (χ3v) is 8.80. The number of sulfonamides is 1. The summed E-state index contributed by atoms with van der Waals surface area (Å²) in [7, 11) is -1.61. The molecule has 1 aromatic heterocycles. The standard InChI is InChI=1S/C26H23ClF3N3O4S2/c1-15(19-10-17(28)5-7-21(19)29)32-23-13-22(30)25(12-20(23)27)39(34,35)33(26-31-8-9-38-26)14-16-4-6-18(36-2)11-24(16)37-3/h4-13,15,32H,14H2,1-3H3. The highest BCUT2D eigenvalue weighted by Gasteiger charge is 2.32. The Balaban J connectivity index is 1.70. The first-order valence-corrected chi connectivity index (χ1v) is 14.1. The van der Waals surface area contributed by atoms with Crippen molar-refractivity contribution in [3.63, 3.8) is 0 Å². The SMILES string of the molecule is COc1ccc(CN(c2nccs2)S(=O)(=O)c2cc(Cl)c(NC(C)c3cc(F)ccc3F)cc2F)c(OC)c1. The molecule has 1 heterocycles. The molecule has 0 aliphatic heterocycles. The van der Waals surface area contributed by atoms with Crippen LogP contribution in [-0.2, 0) is 16.6 Å². The molecule has 4 rings (SSSR count). The molecule has 4 aromatic rings. The van der Waals surface area contributed by atoms with Crippen LogP contribution in [0.1, 0.15) is 24.1 Å². The van der Waals surface area contributed by atoms with Crippen LogP contribution in [0.2, 0.25) is 5.02 Å². The molecule has 13 heteroatoms. The van der Waals surface area contributed by atoms with Crippen molar-refractivity contribution in [1.29, 1.82) is 0 Å². The fourth-order valence-corrected chi connectivity index (χ4v) is 6.47. The highest BCUT2D eigenvalue weighted by Crippen LogP contribution is 2.36. The second-order valence-electron chi connectivity index (χ2n) is 8.30. The van der Waals surface area contributed by atoms with Gasteiger partial charge in [0.2, 0.25) is 0 Å². The van der Waals surface area contributed by atoms with E-state index in [0.29, 0.717) is 17.1 Å². The van der Waals surface area contributed by atoms with Gasteiger partial charge in [-0.05, 0) is 49.4 Å². The lowest BCUT2D eigenvalue weighted by atomic mass is 10.1. The van der Waals surface area contributed by atoms with Crippen LogP contribution < -0.4 is 19.1 Å². The van der Waals surface area contributed by atoms with Crippen LogP contribution in [0.25, 0.3) is 0 Å². The van der Waals surface area contributed by atoms with Crippen LogP contribution >= 0.6 is 22.9 Å². The highest BCUT2D eigenvalue weighted by molar-refractivity contribution is 7.93. The topological polar surface area (TPSA) is 80.8 Å². The lowest BCUT2D eigenvalue weighted by Crippen LogP contribution is -2.31. The average molecular weight is 598 g/mol. The maximum Gasteiger partial charge on any atom is 0.269 e. The lowest BCUT2D eigenvalue weighted by Gasteiger charge is -2.24. The maximum absolute atomic E-state index is 15.4. The third kappa shape index (κ3) is 6.07. The second-order valence-corrected chi connectivity index (χ2v) is 11.4. The molecule has 1 atom stereocenters. The molecule has 1 N–H and O–H groups in total. The van der Waals surface area contributed by atoms with E-state index in [0.717, 1.165) is 46.0 Å². The number of ether oxygens (including phenoxy) is 2. The Hall–Kier alpha value is -3.48.